The van der Waals surface area contributed by atoms with E-state index in [-0.39, 0.29) is 42.7 Å². The van der Waals surface area contributed by atoms with Crippen LogP contribution in [0, 0.1) is 23.1 Å². The van der Waals surface area contributed by atoms with E-state index >= 15 is 8.78 Å². The summed E-state index contributed by atoms with van der Waals surface area (Å²) in [7, 11) is 0. The van der Waals surface area contributed by atoms with Crippen molar-refractivity contribution in [1.29, 1.82) is 5.26 Å². The first-order valence-corrected chi connectivity index (χ1v) is 10.1. The van der Waals surface area contributed by atoms with Crippen LogP contribution in [0.2, 0.25) is 0 Å². The quantitative estimate of drug-likeness (QED) is 0.759. The standard InChI is InChI=1S/C21H22F3N5O2/c1-12-6-18-16(19-21(23,24)8-13(11-30)4-5-29(19)27-18)10-28(12)20(31)26-15-2-3-17(22)14(7-15)9-25/h2-3,7,12-13,30H,4-6,8,10-11H2,1H3,(H,26,31)/t12-,13+/m1/s1. The van der Waals surface area contributed by atoms with Gasteiger partial charge < -0.3 is 15.3 Å². The van der Waals surface area contributed by atoms with Gasteiger partial charge in [-0.25, -0.2) is 9.18 Å². The predicted molar refractivity (Wildman–Crippen MR) is 105 cm³/mol. The largest absolute Gasteiger partial charge is 0.396 e. The Morgan fingerprint density at radius 1 is 1.45 bits per heavy atom. The number of aliphatic hydroxyl groups excluding tert-OH is 1. The molecular weight excluding hydrogens is 411 g/mol. The van der Waals surface area contributed by atoms with Gasteiger partial charge in [-0.05, 0) is 37.5 Å². The van der Waals surface area contributed by atoms with Gasteiger partial charge in [-0.2, -0.15) is 19.1 Å². The molecule has 0 saturated heterocycles. The summed E-state index contributed by atoms with van der Waals surface area (Å²) in [6, 6.07) is 4.54. The fraction of sp³-hybridized carbons (Fsp3) is 0.476. The molecule has 1 aromatic heterocycles. The van der Waals surface area contributed by atoms with Crippen molar-refractivity contribution in [1.82, 2.24) is 14.7 Å². The molecule has 0 saturated carbocycles. The first kappa shape index (κ1) is 21.2. The number of amides is 2. The summed E-state index contributed by atoms with van der Waals surface area (Å²) in [6.07, 6.45) is 0.274. The molecular formula is C21H22F3N5O2. The Morgan fingerprint density at radius 3 is 2.94 bits per heavy atom. The van der Waals surface area contributed by atoms with Crippen molar-refractivity contribution in [2.75, 3.05) is 11.9 Å². The highest BCUT2D eigenvalue weighted by Crippen LogP contribution is 2.42. The van der Waals surface area contributed by atoms with E-state index in [0.717, 1.165) is 6.07 Å². The van der Waals surface area contributed by atoms with Crippen molar-refractivity contribution in [2.24, 2.45) is 5.92 Å². The van der Waals surface area contributed by atoms with Crippen molar-refractivity contribution in [3.63, 3.8) is 0 Å². The second-order valence-corrected chi connectivity index (χ2v) is 8.16. The first-order chi connectivity index (χ1) is 14.7. The van der Waals surface area contributed by atoms with Crippen LogP contribution in [-0.2, 0) is 25.4 Å². The van der Waals surface area contributed by atoms with Gasteiger partial charge in [-0.15, -0.1) is 0 Å². The Kier molecular flexibility index (Phi) is 5.39. The number of benzene rings is 1. The third kappa shape index (κ3) is 3.85. The van der Waals surface area contributed by atoms with Gasteiger partial charge in [0, 0.05) is 43.3 Å². The van der Waals surface area contributed by atoms with Crippen LogP contribution in [0.3, 0.4) is 0 Å². The van der Waals surface area contributed by atoms with Crippen LogP contribution in [0.5, 0.6) is 0 Å². The number of anilines is 1. The highest BCUT2D eigenvalue weighted by Gasteiger charge is 2.45. The Balaban J connectivity index is 1.61. The molecule has 0 bridgehead atoms. The van der Waals surface area contributed by atoms with Gasteiger partial charge in [0.25, 0.3) is 5.92 Å². The molecule has 0 spiro atoms. The van der Waals surface area contributed by atoms with Gasteiger partial charge in [-0.3, -0.25) is 4.68 Å². The van der Waals surface area contributed by atoms with Crippen LogP contribution in [0.25, 0.3) is 0 Å². The summed E-state index contributed by atoms with van der Waals surface area (Å²) >= 11 is 0. The molecule has 2 atom stereocenters. The fourth-order valence-corrected chi connectivity index (χ4v) is 4.34. The number of aryl methyl sites for hydroxylation is 1. The summed E-state index contributed by atoms with van der Waals surface area (Å²) in [4.78, 5) is 14.3. The average Bonchev–Trinajstić information content (AvgIpc) is 3.03. The summed E-state index contributed by atoms with van der Waals surface area (Å²) in [6.45, 7) is 1.74. The monoisotopic (exact) mass is 433 g/mol. The number of aliphatic hydroxyl groups is 1. The number of urea groups is 1. The van der Waals surface area contributed by atoms with E-state index in [1.54, 1.807) is 13.0 Å². The molecule has 0 fully saturated rings. The number of carbonyl (C=O) groups is 1. The fourth-order valence-electron chi connectivity index (χ4n) is 4.34. The predicted octanol–water partition coefficient (Wildman–Crippen LogP) is 3.37. The summed E-state index contributed by atoms with van der Waals surface area (Å²) in [5, 5.41) is 25.4. The second-order valence-electron chi connectivity index (χ2n) is 8.16. The first-order valence-electron chi connectivity index (χ1n) is 10.1. The number of nitriles is 1. The van der Waals surface area contributed by atoms with Crippen molar-refractivity contribution < 1.29 is 23.1 Å². The van der Waals surface area contributed by atoms with E-state index in [0.29, 0.717) is 24.1 Å². The van der Waals surface area contributed by atoms with E-state index in [9.17, 15) is 14.3 Å². The van der Waals surface area contributed by atoms with Gasteiger partial charge >= 0.3 is 6.03 Å². The van der Waals surface area contributed by atoms with Gasteiger partial charge in [0.2, 0.25) is 0 Å². The van der Waals surface area contributed by atoms with Crippen molar-refractivity contribution in [3.05, 3.63) is 46.5 Å². The van der Waals surface area contributed by atoms with E-state index in [1.165, 1.54) is 21.7 Å². The van der Waals surface area contributed by atoms with Crippen LogP contribution in [0.4, 0.5) is 23.7 Å². The number of hydrogen-bond acceptors (Lipinski definition) is 4. The zero-order chi connectivity index (χ0) is 22.3. The maximum Gasteiger partial charge on any atom is 0.322 e. The van der Waals surface area contributed by atoms with Crippen LogP contribution in [0.1, 0.15) is 42.3 Å². The summed E-state index contributed by atoms with van der Waals surface area (Å²) < 4.78 is 45.0. The molecule has 4 rings (SSSR count). The number of hydrogen-bond donors (Lipinski definition) is 2. The number of halogens is 3. The van der Waals surface area contributed by atoms with Gasteiger partial charge in [0.15, 0.2) is 0 Å². The molecule has 31 heavy (non-hydrogen) atoms. The van der Waals surface area contributed by atoms with E-state index in [2.05, 4.69) is 10.4 Å². The average molecular weight is 433 g/mol. The third-order valence-electron chi connectivity index (χ3n) is 5.98. The third-order valence-corrected chi connectivity index (χ3v) is 5.98. The van der Waals surface area contributed by atoms with Crippen molar-refractivity contribution in [2.45, 2.75) is 51.2 Å². The van der Waals surface area contributed by atoms with Crippen LogP contribution >= 0.6 is 0 Å². The number of aromatic nitrogens is 2. The number of nitrogens with one attached hydrogen (secondary N) is 1. The molecule has 2 aliphatic heterocycles. The van der Waals surface area contributed by atoms with Crippen LogP contribution in [0.15, 0.2) is 18.2 Å². The van der Waals surface area contributed by atoms with Crippen molar-refractivity contribution >= 4 is 11.7 Å². The Morgan fingerprint density at radius 2 is 2.23 bits per heavy atom. The van der Waals surface area contributed by atoms with Crippen LogP contribution in [-0.4, -0.2) is 38.5 Å². The zero-order valence-corrected chi connectivity index (χ0v) is 16.9. The Hall–Kier alpha value is -3.06. The molecule has 2 amide bonds. The minimum absolute atomic E-state index is 0.0383. The molecule has 2 aromatic rings. The van der Waals surface area contributed by atoms with E-state index in [4.69, 9.17) is 5.26 Å². The van der Waals surface area contributed by atoms with Crippen LogP contribution < -0.4 is 5.32 Å². The minimum Gasteiger partial charge on any atom is -0.396 e. The molecule has 3 heterocycles. The summed E-state index contributed by atoms with van der Waals surface area (Å²) in [5.74, 6) is -4.36. The number of nitrogens with zero attached hydrogens (tertiary/aromatic N) is 4. The Labute approximate surface area is 177 Å². The molecule has 2 aliphatic rings. The number of carbonyl (C=O) groups excluding carboxylic acids is 1. The second kappa shape index (κ2) is 7.89. The van der Waals surface area contributed by atoms with Gasteiger partial charge in [0.1, 0.15) is 17.6 Å². The smallest absolute Gasteiger partial charge is 0.322 e. The molecule has 0 radical (unpaired) electrons. The van der Waals surface area contributed by atoms with Crippen molar-refractivity contribution in [3.8, 4) is 6.07 Å². The zero-order valence-electron chi connectivity index (χ0n) is 16.9. The highest BCUT2D eigenvalue weighted by molar-refractivity contribution is 5.90. The minimum atomic E-state index is -3.16. The summed E-state index contributed by atoms with van der Waals surface area (Å²) in [5.41, 5.74) is 0.755. The van der Waals surface area contributed by atoms with E-state index < -0.39 is 30.1 Å². The molecule has 10 heteroatoms. The maximum absolute atomic E-state index is 15.1. The lowest BCUT2D eigenvalue weighted by Gasteiger charge is -2.34. The number of rotatable bonds is 2. The van der Waals surface area contributed by atoms with Gasteiger partial charge in [0.05, 0.1) is 17.8 Å². The molecule has 2 N–H and O–H groups in total. The lowest BCUT2D eigenvalue weighted by Crippen LogP contribution is -2.45. The molecule has 7 nitrogen and oxygen atoms in total. The Bertz CT molecular complexity index is 1060. The number of alkyl halides is 2. The number of fused-ring (bicyclic) bond motifs is 3. The highest BCUT2D eigenvalue weighted by atomic mass is 19.3. The molecule has 0 unspecified atom stereocenters. The SMILES string of the molecule is C[C@@H]1Cc2nn3c(c2CN1C(=O)Nc1ccc(F)c(C#N)c1)C(F)(F)C[C@@H](CO)CC3. The molecule has 164 valence electrons. The van der Waals surface area contributed by atoms with E-state index in [1.807, 2.05) is 0 Å². The lowest BCUT2D eigenvalue weighted by molar-refractivity contribution is -0.0386. The normalized spacial score (nSPS) is 22.1. The molecule has 1 aromatic carbocycles. The van der Waals surface area contributed by atoms with Gasteiger partial charge in [-0.1, -0.05) is 0 Å². The lowest BCUT2D eigenvalue weighted by atomic mass is 9.93. The molecule has 0 aliphatic carbocycles. The maximum atomic E-state index is 15.1. The topological polar surface area (TPSA) is 94.2 Å².